The Balaban J connectivity index is 1.68. The van der Waals surface area contributed by atoms with Crippen molar-refractivity contribution in [3.05, 3.63) is 81.3 Å². The molecule has 0 radical (unpaired) electrons. The van der Waals surface area contributed by atoms with E-state index in [0.29, 0.717) is 29.8 Å². The zero-order chi connectivity index (χ0) is 27.9. The highest BCUT2D eigenvalue weighted by Gasteiger charge is 2.45. The first-order valence-electron chi connectivity index (χ1n) is 13.6. The minimum absolute atomic E-state index is 0.0831. The second-order valence-corrected chi connectivity index (χ2v) is 11.7. The molecule has 0 amide bonds. The third kappa shape index (κ3) is 5.07. The summed E-state index contributed by atoms with van der Waals surface area (Å²) in [5.74, 6) is 0.701. The summed E-state index contributed by atoms with van der Waals surface area (Å²) < 4.78 is 10.9. The number of ketones is 1. The summed E-state index contributed by atoms with van der Waals surface area (Å²) in [5, 5.41) is 10.5. The molecule has 204 valence electrons. The highest BCUT2D eigenvalue weighted by Crippen LogP contribution is 2.51. The van der Waals surface area contributed by atoms with Crippen molar-refractivity contribution in [2.24, 2.45) is 11.1 Å². The van der Waals surface area contributed by atoms with Gasteiger partial charge in [-0.1, -0.05) is 26.0 Å². The molecule has 7 nitrogen and oxygen atoms in total. The maximum Gasteiger partial charge on any atom is 0.162 e. The summed E-state index contributed by atoms with van der Waals surface area (Å²) in [6, 6.07) is 14.4. The fourth-order valence-electron chi connectivity index (χ4n) is 6.24. The number of ether oxygens (including phenoxy) is 2. The highest BCUT2D eigenvalue weighted by molar-refractivity contribution is 6.01. The van der Waals surface area contributed by atoms with E-state index in [1.165, 1.54) is 11.1 Å². The Hall–Kier alpha value is -3.60. The van der Waals surface area contributed by atoms with Gasteiger partial charge < -0.3 is 15.2 Å². The molecule has 2 heterocycles. The molecule has 1 aliphatic carbocycles. The molecule has 0 aromatic heterocycles. The number of Topliss-reactive ketones (excluding diaryl/α,β-unsaturated/α-hetero) is 1. The number of nitriles is 1. The maximum absolute atomic E-state index is 14.0. The minimum atomic E-state index is -0.493. The maximum atomic E-state index is 14.0. The normalized spacial score (nSPS) is 21.6. The first kappa shape index (κ1) is 27.0. The topological polar surface area (TPSA) is 91.8 Å². The number of nitrogens with two attached hydrogens (primary N) is 1. The number of morpholine rings is 1. The van der Waals surface area contributed by atoms with Crippen molar-refractivity contribution >= 4 is 11.5 Å². The van der Waals surface area contributed by atoms with Gasteiger partial charge in [0, 0.05) is 43.0 Å². The monoisotopic (exact) mass is 526 g/mol. The molecule has 1 fully saturated rings. The summed E-state index contributed by atoms with van der Waals surface area (Å²) in [6.07, 6.45) is 1.12. The zero-order valence-corrected chi connectivity index (χ0v) is 23.6. The number of carbonyl (C=O) groups excluding carboxylic acids is 1. The van der Waals surface area contributed by atoms with Crippen molar-refractivity contribution in [1.29, 1.82) is 5.26 Å². The van der Waals surface area contributed by atoms with E-state index in [1.807, 2.05) is 29.2 Å². The molecule has 0 unspecified atom stereocenters. The van der Waals surface area contributed by atoms with Gasteiger partial charge in [0.25, 0.3) is 0 Å². The second kappa shape index (κ2) is 10.5. The van der Waals surface area contributed by atoms with Crippen molar-refractivity contribution in [3.63, 3.8) is 0 Å². The SMILES string of the molecule is COc1ccc(N2C(N)=C(C#N)[C@H](c3cc(CN4CCOCC4)c(C)cc3C)C3=C2CC(C)(C)CC3=O)cc1. The predicted molar refractivity (Wildman–Crippen MR) is 152 cm³/mol. The first-order valence-corrected chi connectivity index (χ1v) is 13.6. The average molecular weight is 527 g/mol. The van der Waals surface area contributed by atoms with Crippen LogP contribution in [0.1, 0.15) is 54.9 Å². The van der Waals surface area contributed by atoms with Crippen molar-refractivity contribution in [2.75, 3.05) is 38.3 Å². The molecule has 0 saturated carbocycles. The molecule has 1 atom stereocenters. The minimum Gasteiger partial charge on any atom is -0.497 e. The molecule has 2 N–H and O–H groups in total. The number of nitrogens with zero attached hydrogens (tertiary/aromatic N) is 3. The lowest BCUT2D eigenvalue weighted by Crippen LogP contribution is -2.42. The standard InChI is InChI=1S/C32H38N4O3/c1-20-14-21(2)25(15-22(20)19-35-10-12-39-13-11-35)29-26(18-33)31(34)36(23-6-8-24(38-5)9-7-23)27-16-32(3,4)17-28(37)30(27)29/h6-9,14-15,29H,10-13,16-17,19,34H2,1-5H3/t29-/m0/s1. The van der Waals surface area contributed by atoms with Crippen molar-refractivity contribution in [3.8, 4) is 11.8 Å². The largest absolute Gasteiger partial charge is 0.497 e. The summed E-state index contributed by atoms with van der Waals surface area (Å²) in [4.78, 5) is 18.3. The first-order chi connectivity index (χ1) is 18.6. The number of hydrogen-bond donors (Lipinski definition) is 1. The van der Waals surface area contributed by atoms with Gasteiger partial charge in [-0.2, -0.15) is 5.26 Å². The van der Waals surface area contributed by atoms with Crippen LogP contribution in [0.2, 0.25) is 0 Å². The fraction of sp³-hybridized carbons (Fsp3) is 0.438. The molecule has 7 heteroatoms. The highest BCUT2D eigenvalue weighted by atomic mass is 16.5. The number of methoxy groups -OCH3 is 1. The van der Waals surface area contributed by atoms with Crippen LogP contribution in [0.15, 0.2) is 59.1 Å². The van der Waals surface area contributed by atoms with E-state index in [-0.39, 0.29) is 11.2 Å². The van der Waals surface area contributed by atoms with Crippen molar-refractivity contribution < 1.29 is 14.3 Å². The quantitative estimate of drug-likeness (QED) is 0.581. The molecule has 2 aromatic rings. The van der Waals surface area contributed by atoms with E-state index in [0.717, 1.165) is 61.1 Å². The summed E-state index contributed by atoms with van der Waals surface area (Å²) in [5.41, 5.74) is 13.9. The van der Waals surface area contributed by atoms with Crippen LogP contribution in [0.5, 0.6) is 5.75 Å². The van der Waals surface area contributed by atoms with Crippen LogP contribution in [0, 0.1) is 30.6 Å². The predicted octanol–water partition coefficient (Wildman–Crippen LogP) is 5.09. The van der Waals surface area contributed by atoms with E-state index >= 15 is 0 Å². The van der Waals surface area contributed by atoms with Crippen LogP contribution in [0.25, 0.3) is 0 Å². The van der Waals surface area contributed by atoms with E-state index < -0.39 is 5.92 Å². The van der Waals surface area contributed by atoms with Crippen LogP contribution in [0.3, 0.4) is 0 Å². The van der Waals surface area contributed by atoms with Crippen molar-refractivity contribution in [1.82, 2.24) is 4.90 Å². The summed E-state index contributed by atoms with van der Waals surface area (Å²) in [6.45, 7) is 12.5. The van der Waals surface area contributed by atoms with Crippen LogP contribution in [-0.4, -0.2) is 44.1 Å². The van der Waals surface area contributed by atoms with E-state index in [1.54, 1.807) is 7.11 Å². The van der Waals surface area contributed by atoms with Crippen LogP contribution in [0.4, 0.5) is 5.69 Å². The number of benzene rings is 2. The molecule has 0 spiro atoms. The van der Waals surface area contributed by atoms with Crippen LogP contribution >= 0.6 is 0 Å². The van der Waals surface area contributed by atoms with Gasteiger partial charge in [-0.25, -0.2) is 0 Å². The Kier molecular flexibility index (Phi) is 7.28. The fourth-order valence-corrected chi connectivity index (χ4v) is 6.24. The number of anilines is 1. The molecule has 0 bridgehead atoms. The second-order valence-electron chi connectivity index (χ2n) is 11.7. The van der Waals surface area contributed by atoms with Gasteiger partial charge in [-0.3, -0.25) is 14.6 Å². The molecule has 2 aliphatic heterocycles. The molecule has 39 heavy (non-hydrogen) atoms. The third-order valence-corrected chi connectivity index (χ3v) is 8.24. The lowest BCUT2D eigenvalue weighted by Gasteiger charge is -2.44. The van der Waals surface area contributed by atoms with Gasteiger partial charge in [0.15, 0.2) is 5.78 Å². The molecular formula is C32H38N4O3. The summed E-state index contributed by atoms with van der Waals surface area (Å²) >= 11 is 0. The number of carbonyl (C=O) groups is 1. The van der Waals surface area contributed by atoms with E-state index in [2.05, 4.69) is 50.8 Å². The summed E-state index contributed by atoms with van der Waals surface area (Å²) in [7, 11) is 1.63. The molecule has 3 aliphatic rings. The smallest absolute Gasteiger partial charge is 0.162 e. The van der Waals surface area contributed by atoms with Crippen LogP contribution < -0.4 is 15.4 Å². The number of aryl methyl sites for hydroxylation is 2. The third-order valence-electron chi connectivity index (χ3n) is 8.24. The molecule has 2 aromatic carbocycles. The molecular weight excluding hydrogens is 488 g/mol. The Morgan fingerprint density at radius 2 is 1.79 bits per heavy atom. The zero-order valence-electron chi connectivity index (χ0n) is 23.6. The Bertz CT molecular complexity index is 1390. The molecule has 1 saturated heterocycles. The number of allylic oxidation sites excluding steroid dienone is 3. The van der Waals surface area contributed by atoms with Crippen LogP contribution in [-0.2, 0) is 16.1 Å². The van der Waals surface area contributed by atoms with Gasteiger partial charge >= 0.3 is 0 Å². The Morgan fingerprint density at radius 1 is 1.10 bits per heavy atom. The van der Waals surface area contributed by atoms with Gasteiger partial charge in [0.1, 0.15) is 11.6 Å². The average Bonchev–Trinajstić information content (AvgIpc) is 2.90. The van der Waals surface area contributed by atoms with Gasteiger partial charge in [-0.15, -0.1) is 0 Å². The van der Waals surface area contributed by atoms with Gasteiger partial charge in [0.2, 0.25) is 0 Å². The number of hydrogen-bond acceptors (Lipinski definition) is 7. The Labute approximate surface area is 231 Å². The van der Waals surface area contributed by atoms with Gasteiger partial charge in [-0.05, 0) is 72.2 Å². The lowest BCUT2D eigenvalue weighted by molar-refractivity contribution is -0.118. The Morgan fingerprint density at radius 3 is 2.44 bits per heavy atom. The van der Waals surface area contributed by atoms with E-state index in [9.17, 15) is 10.1 Å². The van der Waals surface area contributed by atoms with Crippen molar-refractivity contribution in [2.45, 2.75) is 53.0 Å². The van der Waals surface area contributed by atoms with E-state index in [4.69, 9.17) is 15.2 Å². The van der Waals surface area contributed by atoms with Gasteiger partial charge in [0.05, 0.1) is 37.9 Å². The lowest BCUT2D eigenvalue weighted by atomic mass is 9.68. The molecule has 5 rings (SSSR count). The number of rotatable bonds is 5.